The average molecular weight is 279 g/mol. The number of phenolic OH excluding ortho intramolecular Hbond substituents is 1. The Labute approximate surface area is 118 Å². The Hall–Kier alpha value is -2.08. The molecule has 0 heterocycles. The van der Waals surface area contributed by atoms with E-state index in [1.807, 2.05) is 6.92 Å². The molecule has 1 rings (SSSR count). The SMILES string of the molecule is C=CCNC(=S)N/N=C\c1ccc(O)c(OCC)c1. The maximum atomic E-state index is 9.55. The molecule has 3 N–H and O–H groups in total. The molecule has 6 heteroatoms. The minimum absolute atomic E-state index is 0.107. The van der Waals surface area contributed by atoms with Gasteiger partial charge in [-0.3, -0.25) is 5.43 Å². The molecule has 0 spiro atoms. The van der Waals surface area contributed by atoms with E-state index in [2.05, 4.69) is 22.4 Å². The number of hydrogen-bond donors (Lipinski definition) is 3. The van der Waals surface area contributed by atoms with Crippen LogP contribution in [0.5, 0.6) is 11.5 Å². The molecule has 0 fully saturated rings. The molecule has 102 valence electrons. The monoisotopic (exact) mass is 279 g/mol. The van der Waals surface area contributed by atoms with Crippen LogP contribution in [0.4, 0.5) is 0 Å². The third kappa shape index (κ3) is 5.39. The zero-order valence-corrected chi connectivity index (χ0v) is 11.5. The van der Waals surface area contributed by atoms with Crippen molar-refractivity contribution >= 4 is 23.5 Å². The van der Waals surface area contributed by atoms with Crippen LogP contribution in [0.25, 0.3) is 0 Å². The van der Waals surface area contributed by atoms with Crippen LogP contribution in [0.2, 0.25) is 0 Å². The Balaban J connectivity index is 2.59. The number of rotatable bonds is 6. The second-order valence-corrected chi connectivity index (χ2v) is 3.94. The summed E-state index contributed by atoms with van der Waals surface area (Å²) in [6, 6.07) is 4.98. The topological polar surface area (TPSA) is 65.9 Å². The van der Waals surface area contributed by atoms with Gasteiger partial charge in [-0.1, -0.05) is 6.08 Å². The number of benzene rings is 1. The largest absolute Gasteiger partial charge is 0.504 e. The van der Waals surface area contributed by atoms with Crippen LogP contribution in [0.3, 0.4) is 0 Å². The first kappa shape index (κ1) is 15.0. The van der Waals surface area contributed by atoms with Gasteiger partial charge in [0.05, 0.1) is 12.8 Å². The van der Waals surface area contributed by atoms with E-state index in [0.29, 0.717) is 24.0 Å². The van der Waals surface area contributed by atoms with Crippen LogP contribution in [0.15, 0.2) is 36.0 Å². The van der Waals surface area contributed by atoms with Crippen LogP contribution >= 0.6 is 12.2 Å². The fourth-order valence-electron chi connectivity index (χ4n) is 1.25. The van der Waals surface area contributed by atoms with E-state index >= 15 is 0 Å². The van der Waals surface area contributed by atoms with Gasteiger partial charge in [-0.2, -0.15) is 5.10 Å². The molecule has 0 amide bonds. The third-order valence-electron chi connectivity index (χ3n) is 2.07. The molecule has 0 unspecified atom stereocenters. The van der Waals surface area contributed by atoms with Crippen molar-refractivity contribution in [3.05, 3.63) is 36.4 Å². The van der Waals surface area contributed by atoms with Crippen molar-refractivity contribution in [2.75, 3.05) is 13.2 Å². The van der Waals surface area contributed by atoms with Crippen molar-refractivity contribution in [3.8, 4) is 11.5 Å². The lowest BCUT2D eigenvalue weighted by molar-refractivity contribution is 0.318. The second kappa shape index (κ2) is 8.10. The number of aromatic hydroxyl groups is 1. The lowest BCUT2D eigenvalue weighted by atomic mass is 10.2. The normalized spacial score (nSPS) is 10.2. The van der Waals surface area contributed by atoms with Gasteiger partial charge in [0, 0.05) is 6.54 Å². The number of thiocarbonyl (C=S) groups is 1. The fourth-order valence-corrected chi connectivity index (χ4v) is 1.39. The van der Waals surface area contributed by atoms with Crippen LogP contribution in [0.1, 0.15) is 12.5 Å². The first-order valence-corrected chi connectivity index (χ1v) is 6.21. The molecule has 0 bridgehead atoms. The molecule has 0 saturated carbocycles. The van der Waals surface area contributed by atoms with Gasteiger partial charge in [0.15, 0.2) is 16.6 Å². The molecule has 0 aromatic heterocycles. The van der Waals surface area contributed by atoms with Gasteiger partial charge in [0.25, 0.3) is 0 Å². The second-order valence-electron chi connectivity index (χ2n) is 3.53. The third-order valence-corrected chi connectivity index (χ3v) is 2.31. The summed E-state index contributed by atoms with van der Waals surface area (Å²) in [4.78, 5) is 0. The molecule has 5 nitrogen and oxygen atoms in total. The van der Waals surface area contributed by atoms with E-state index in [-0.39, 0.29) is 5.75 Å². The molecule has 1 aromatic carbocycles. The van der Waals surface area contributed by atoms with Gasteiger partial charge in [-0.15, -0.1) is 6.58 Å². The summed E-state index contributed by atoms with van der Waals surface area (Å²) in [7, 11) is 0. The first-order chi connectivity index (χ1) is 9.17. The van der Waals surface area contributed by atoms with Gasteiger partial charge >= 0.3 is 0 Å². The Bertz CT molecular complexity index is 475. The predicted molar refractivity (Wildman–Crippen MR) is 80.8 cm³/mol. The molecule has 19 heavy (non-hydrogen) atoms. The Morgan fingerprint density at radius 3 is 3.05 bits per heavy atom. The smallest absolute Gasteiger partial charge is 0.187 e. The lowest BCUT2D eigenvalue weighted by Gasteiger charge is -2.06. The van der Waals surface area contributed by atoms with Crippen LogP contribution in [-0.2, 0) is 0 Å². The van der Waals surface area contributed by atoms with Gasteiger partial charge in [-0.25, -0.2) is 0 Å². The summed E-state index contributed by atoms with van der Waals surface area (Å²) in [5.74, 6) is 0.536. The zero-order chi connectivity index (χ0) is 14.1. The number of nitrogens with one attached hydrogen (secondary N) is 2. The van der Waals surface area contributed by atoms with Crippen molar-refractivity contribution in [2.45, 2.75) is 6.92 Å². The van der Waals surface area contributed by atoms with Gasteiger partial charge in [-0.05, 0) is 42.9 Å². The van der Waals surface area contributed by atoms with Gasteiger partial charge in [0.2, 0.25) is 0 Å². The molecule has 1 aromatic rings. The quantitative estimate of drug-likeness (QED) is 0.320. The van der Waals surface area contributed by atoms with E-state index in [4.69, 9.17) is 17.0 Å². The van der Waals surface area contributed by atoms with Crippen molar-refractivity contribution in [1.82, 2.24) is 10.7 Å². The van der Waals surface area contributed by atoms with E-state index in [9.17, 15) is 5.11 Å². The molecule has 0 aliphatic carbocycles. The molecule has 0 radical (unpaired) electrons. The van der Waals surface area contributed by atoms with Crippen molar-refractivity contribution in [2.24, 2.45) is 5.10 Å². The highest BCUT2D eigenvalue weighted by molar-refractivity contribution is 7.80. The van der Waals surface area contributed by atoms with Crippen molar-refractivity contribution in [1.29, 1.82) is 0 Å². The highest BCUT2D eigenvalue weighted by Gasteiger charge is 2.01. The first-order valence-electron chi connectivity index (χ1n) is 5.81. The Morgan fingerprint density at radius 1 is 1.58 bits per heavy atom. The number of nitrogens with zero attached hydrogens (tertiary/aromatic N) is 1. The number of hydrogen-bond acceptors (Lipinski definition) is 4. The Kier molecular flexibility index (Phi) is 6.38. The highest BCUT2D eigenvalue weighted by Crippen LogP contribution is 2.25. The maximum Gasteiger partial charge on any atom is 0.187 e. The fraction of sp³-hybridized carbons (Fsp3) is 0.231. The van der Waals surface area contributed by atoms with Crippen molar-refractivity contribution < 1.29 is 9.84 Å². The van der Waals surface area contributed by atoms with Crippen LogP contribution in [0, 0.1) is 0 Å². The van der Waals surface area contributed by atoms with Gasteiger partial charge < -0.3 is 15.2 Å². The zero-order valence-electron chi connectivity index (χ0n) is 10.7. The summed E-state index contributed by atoms with van der Waals surface area (Å²) in [5, 5.41) is 16.8. The van der Waals surface area contributed by atoms with Gasteiger partial charge in [0.1, 0.15) is 0 Å². The van der Waals surface area contributed by atoms with E-state index in [1.165, 1.54) is 0 Å². The molecule has 0 aliphatic heterocycles. The number of phenols is 1. The minimum atomic E-state index is 0.107. The predicted octanol–water partition coefficient (Wildman–Crippen LogP) is 1.77. The maximum absolute atomic E-state index is 9.55. The molecular formula is C13H17N3O2S. The van der Waals surface area contributed by atoms with E-state index in [0.717, 1.165) is 5.56 Å². The summed E-state index contributed by atoms with van der Waals surface area (Å²) in [6.45, 7) is 6.49. The summed E-state index contributed by atoms with van der Waals surface area (Å²) in [5.41, 5.74) is 3.46. The summed E-state index contributed by atoms with van der Waals surface area (Å²) in [6.07, 6.45) is 3.29. The molecule has 0 atom stereocenters. The standard InChI is InChI=1S/C13H17N3O2S/c1-3-7-14-13(19)16-15-9-10-5-6-11(17)12(8-10)18-4-2/h3,5-6,8-9,17H,1,4,7H2,2H3,(H2,14,16,19)/b15-9-. The van der Waals surface area contributed by atoms with E-state index < -0.39 is 0 Å². The van der Waals surface area contributed by atoms with Crippen LogP contribution in [-0.4, -0.2) is 29.6 Å². The molecule has 0 aliphatic rings. The molecular weight excluding hydrogens is 262 g/mol. The highest BCUT2D eigenvalue weighted by atomic mass is 32.1. The summed E-state index contributed by atoms with van der Waals surface area (Å²) < 4.78 is 5.28. The minimum Gasteiger partial charge on any atom is -0.504 e. The lowest BCUT2D eigenvalue weighted by Crippen LogP contribution is -2.31. The number of ether oxygens (including phenoxy) is 1. The molecule has 0 saturated heterocycles. The number of hydrazone groups is 1. The average Bonchev–Trinajstić information content (AvgIpc) is 2.40. The van der Waals surface area contributed by atoms with E-state index in [1.54, 1.807) is 30.5 Å². The van der Waals surface area contributed by atoms with Crippen molar-refractivity contribution in [3.63, 3.8) is 0 Å². The Morgan fingerprint density at radius 2 is 2.37 bits per heavy atom. The summed E-state index contributed by atoms with van der Waals surface area (Å²) >= 11 is 4.97. The van der Waals surface area contributed by atoms with Crippen LogP contribution < -0.4 is 15.5 Å².